The first-order valence-corrected chi connectivity index (χ1v) is 25.6. The molecule has 10 N–H and O–H groups in total. The van der Waals surface area contributed by atoms with Gasteiger partial charge in [0, 0.05) is 139 Å². The van der Waals surface area contributed by atoms with Crippen molar-refractivity contribution < 1.29 is 113 Å². The Balaban J connectivity index is -0.0000000912. The number of carbonyl (C=O) groups is 4. The zero-order valence-corrected chi connectivity index (χ0v) is 55.7. The molecule has 0 saturated heterocycles. The van der Waals surface area contributed by atoms with Crippen LogP contribution in [-0.4, -0.2) is 156 Å². The number of aliphatic imine (C=N–C) groups is 1. The standard InChI is InChI=1S/C13H19N3O3.C12H20N4O4.C7H14O3.C6H10N4O2.C6H12O3.C4H6O2.C3H8O.4CH4.BH.Li.H2O.U/c1-4-6-19-7-5-9-8-10-11(14-9)15(2)13(18)16(3)12(10)17;1-4-6-20-7-5-8(17)14-9-10(13)15(2)12(19)16(3)11(9)18;1-3-5-10-6-4-7(8)9-2;1-9-4(8)3(7)5(11)10(2)6(9)12;1-2-4-9-5-3-6(7)8;1-3-4(5)6-2;1-2-3-4;;;;;;;;/h4-8H2,1-3H3;4-7,13H2,1-3H3,(H,14,17);3-6H2,1-2H3;7-8H2,1-2H3;2-5H2,1H3,(H,7,8);3H,1H2,2H3;4H,2-3H2,1H3;4*1H4;1H;;1H2;/q;;;;;;;;;;;;+1;;/p-1/i;;;;;;;;;;;1D;;;. The Morgan fingerprint density at radius 1 is 0.614 bits per heavy atom. The number of nitrogen functional groups attached to an aromatic ring is 3. The molecule has 0 bridgehead atoms. The summed E-state index contributed by atoms with van der Waals surface area (Å²) in [6, 6.07) is 0. The van der Waals surface area contributed by atoms with E-state index in [4.69, 9.17) is 47.7 Å². The predicted octanol–water partition coefficient (Wildman–Crippen LogP) is -0.480. The number of fused-ring (bicyclic) bond motifs is 1. The van der Waals surface area contributed by atoms with E-state index >= 15 is 0 Å². The van der Waals surface area contributed by atoms with E-state index in [9.17, 15) is 47.9 Å². The van der Waals surface area contributed by atoms with Gasteiger partial charge in [0.15, 0.2) is 0 Å². The van der Waals surface area contributed by atoms with Crippen LogP contribution < -0.4 is 75.1 Å². The minimum atomic E-state index is -0.800. The maximum atomic E-state index is 12.0. The fourth-order valence-electron chi connectivity index (χ4n) is 5.64. The third kappa shape index (κ3) is 42.2. The number of amides is 1. The van der Waals surface area contributed by atoms with Gasteiger partial charge in [-0.15, -0.1) is 0 Å². The van der Waals surface area contributed by atoms with Gasteiger partial charge < -0.3 is 66.6 Å². The molecule has 2 radical (unpaired) electrons. The molecule has 0 saturated carbocycles. The number of nitrogens with zero attached hydrogens (tertiary/aromatic N) is 7. The van der Waals surface area contributed by atoms with E-state index < -0.39 is 34.4 Å². The molecule has 0 aliphatic carbocycles. The average molecular weight is 1480 g/mol. The van der Waals surface area contributed by atoms with E-state index in [0.717, 1.165) is 79.9 Å². The Morgan fingerprint density at radius 2 is 1.00 bits per heavy atom. The van der Waals surface area contributed by atoms with Crippen LogP contribution in [0.2, 0.25) is 0 Å². The van der Waals surface area contributed by atoms with Crippen molar-refractivity contribution in [3.8, 4) is 0 Å². The molecule has 0 atom stereocenters. The summed E-state index contributed by atoms with van der Waals surface area (Å²) in [6.45, 7) is 17.8. The summed E-state index contributed by atoms with van der Waals surface area (Å²) in [5, 5.41) is 18.4. The van der Waals surface area contributed by atoms with Crippen LogP contribution in [0.15, 0.2) is 46.4 Å². The van der Waals surface area contributed by atoms with Gasteiger partial charge in [-0.05, 0) is 33.4 Å². The van der Waals surface area contributed by atoms with Crippen LogP contribution in [0.4, 0.5) is 28.8 Å². The van der Waals surface area contributed by atoms with Gasteiger partial charge in [-0.1, -0.05) is 70.9 Å². The van der Waals surface area contributed by atoms with Crippen molar-refractivity contribution in [3.63, 3.8) is 0 Å². The number of carboxylic acids is 1. The molecule has 88 heavy (non-hydrogen) atoms. The Morgan fingerprint density at radius 3 is 1.39 bits per heavy atom. The number of aliphatic carboxylic acids is 1. The Hall–Kier alpha value is -5.80. The van der Waals surface area contributed by atoms with Crippen molar-refractivity contribution in [2.24, 2.45) is 47.3 Å². The van der Waals surface area contributed by atoms with Gasteiger partial charge in [-0.2, -0.15) is 0 Å². The van der Waals surface area contributed by atoms with Gasteiger partial charge in [0.1, 0.15) is 28.8 Å². The minimum Gasteiger partial charge on any atom is -0.870 e. The molecular weight excluding hydrogens is 1370 g/mol. The number of hydrogen-bond donors (Lipinski definition) is 6. The van der Waals surface area contributed by atoms with Crippen LogP contribution in [0.25, 0.3) is 0 Å². The van der Waals surface area contributed by atoms with Crippen LogP contribution in [0.5, 0.6) is 0 Å². The molecule has 1 aliphatic rings. The summed E-state index contributed by atoms with van der Waals surface area (Å²) in [6.07, 6.45) is 7.58. The maximum absolute atomic E-state index is 12.0. The average Bonchev–Trinajstić information content (AvgIpc) is 2.42. The molecule has 1 amide bonds. The number of carbonyl (C=O) groups excluding carboxylic acids is 3. The second kappa shape index (κ2) is 62.8. The second-order valence-electron chi connectivity index (χ2n) is 16.8. The molecule has 33 heteroatoms. The third-order valence-electron chi connectivity index (χ3n) is 10.2. The summed E-state index contributed by atoms with van der Waals surface area (Å²) in [5.41, 5.74) is 14.9. The van der Waals surface area contributed by atoms with E-state index in [2.05, 4.69) is 41.7 Å². The molecule has 4 heterocycles. The first-order valence-electron chi connectivity index (χ1n) is 26.2. The quantitative estimate of drug-likeness (QED) is 0.0302. The molecule has 4 rings (SSSR count). The summed E-state index contributed by atoms with van der Waals surface area (Å²) in [7, 11) is 15.1. The van der Waals surface area contributed by atoms with Crippen molar-refractivity contribution in [2.75, 3.05) is 96.2 Å². The Labute approximate surface area is 558 Å². The normalized spacial score (nSPS) is 9.61. The minimum absolute atomic E-state index is 0. The number of rotatable bonds is 23. The number of aliphatic hydroxyl groups is 1. The first kappa shape index (κ1) is 104. The summed E-state index contributed by atoms with van der Waals surface area (Å²) >= 11 is 0. The zero-order valence-electron chi connectivity index (χ0n) is 52.5. The number of aromatic nitrogens is 6. The van der Waals surface area contributed by atoms with Crippen molar-refractivity contribution >= 4 is 66.7 Å². The monoisotopic (exact) mass is 1480 g/mol. The number of esters is 2. The number of anilines is 4. The van der Waals surface area contributed by atoms with E-state index in [1.54, 1.807) is 7.05 Å². The fraction of sp³-hybridized carbons (Fsp3) is 0.655. The summed E-state index contributed by atoms with van der Waals surface area (Å²) in [5.74, 6) is -1.36. The van der Waals surface area contributed by atoms with Crippen molar-refractivity contribution in [2.45, 2.75) is 129 Å². The summed E-state index contributed by atoms with van der Waals surface area (Å²) < 4.78 is 41.0. The van der Waals surface area contributed by atoms with Gasteiger partial charge >= 0.3 is 53.8 Å². The Bertz CT molecular complexity index is 2770. The largest absolute Gasteiger partial charge is 1.00 e. The molecule has 30 nitrogen and oxygen atoms in total. The molecule has 1 aliphatic heterocycles. The van der Waals surface area contributed by atoms with Gasteiger partial charge in [-0.3, -0.25) is 56.2 Å². The molecule has 0 unspecified atom stereocenters. The van der Waals surface area contributed by atoms with Crippen LogP contribution in [0.3, 0.4) is 0 Å². The fourth-order valence-corrected chi connectivity index (χ4v) is 5.64. The smallest absolute Gasteiger partial charge is 0.870 e. The molecular formula is C55H107BLiN11O19U. The van der Waals surface area contributed by atoms with Gasteiger partial charge in [0.2, 0.25) is 5.91 Å². The van der Waals surface area contributed by atoms with E-state index in [1.807, 2.05) is 27.7 Å². The zero-order chi connectivity index (χ0) is 64.1. The van der Waals surface area contributed by atoms with Crippen molar-refractivity contribution in [1.82, 2.24) is 27.4 Å². The number of hydrogen-bond acceptors (Lipinski definition) is 22. The topological polar surface area (TPSA) is 429 Å². The van der Waals surface area contributed by atoms with E-state index in [-0.39, 0.29) is 151 Å². The van der Waals surface area contributed by atoms with Crippen molar-refractivity contribution in [3.05, 3.63) is 80.7 Å². The molecule has 0 fully saturated rings. The molecule has 0 spiro atoms. The van der Waals surface area contributed by atoms with Crippen LogP contribution in [-0.2, 0) is 96.3 Å². The van der Waals surface area contributed by atoms with Crippen molar-refractivity contribution in [1.29, 1.82) is 1.34 Å². The number of ether oxygens (including phenoxy) is 6. The predicted molar refractivity (Wildman–Crippen MR) is 342 cm³/mol. The number of nitrogens with one attached hydrogen (secondary N) is 1. The number of carboxylic acid groups (broad SMARTS) is 1. The van der Waals surface area contributed by atoms with Crippen LogP contribution in [0, 0.1) is 31.1 Å². The van der Waals surface area contributed by atoms with E-state index in [1.165, 1.54) is 54.0 Å². The van der Waals surface area contributed by atoms with Gasteiger partial charge in [0.25, 0.3) is 16.7 Å². The summed E-state index contributed by atoms with van der Waals surface area (Å²) in [4.78, 5) is 116. The van der Waals surface area contributed by atoms with E-state index in [0.29, 0.717) is 70.3 Å². The molecule has 3 aromatic rings. The van der Waals surface area contributed by atoms with Crippen LogP contribution in [0.1, 0.15) is 128 Å². The molecule has 504 valence electrons. The SMILES string of the molecule is C.C.C.C.C=CC(=O)OC.CCCO.CCCOCCC(=O)Nc1c(N)n(C)c(=O)n(C)c1=O.CCCOCCC(=O)O.CCCOCCC(=O)OC.CCCOCCC1=Nc2c(c(=O)n(C)c(=O)n2C)C1.Cn1c(N)c(N)c(=O)n(C)c1=O.[2H][B].[Li+].[OH-].[U]. The Kier molecular flexibility index (Phi) is 74.2. The second-order valence-corrected chi connectivity index (χ2v) is 16.8. The maximum Gasteiger partial charge on any atom is 1.00 e. The third-order valence-corrected chi connectivity index (χ3v) is 10.2. The number of methoxy groups -OCH3 is 2. The molecule has 0 aromatic carbocycles. The number of nitrogens with two attached hydrogens (primary N) is 3. The van der Waals surface area contributed by atoms with Gasteiger partial charge in [-0.25, -0.2) is 24.2 Å². The number of aliphatic hydroxyl groups excluding tert-OH is 1. The first-order chi connectivity index (χ1) is 38.7. The van der Waals surface area contributed by atoms with Gasteiger partial charge in [0.05, 0.1) is 65.5 Å². The van der Waals surface area contributed by atoms with Crippen LogP contribution >= 0.6 is 0 Å². The molecule has 3 aromatic heterocycles.